The number of aryl methyl sites for hydroxylation is 1. The molecule has 0 saturated carbocycles. The molecule has 2 aromatic rings. The van der Waals surface area contributed by atoms with Crippen molar-refractivity contribution in [2.45, 2.75) is 6.92 Å². The Bertz CT molecular complexity index is 579. The van der Waals surface area contributed by atoms with Gasteiger partial charge in [0, 0.05) is 5.02 Å². The maximum Gasteiger partial charge on any atom is 0.260 e. The van der Waals surface area contributed by atoms with Gasteiger partial charge in [-0.15, -0.1) is 0 Å². The summed E-state index contributed by atoms with van der Waals surface area (Å²) in [4.78, 5) is 7.38. The van der Waals surface area contributed by atoms with Gasteiger partial charge in [-0.3, -0.25) is 5.43 Å². The van der Waals surface area contributed by atoms with Crippen molar-refractivity contribution in [1.29, 1.82) is 0 Å². The lowest BCUT2D eigenvalue weighted by molar-refractivity contribution is 0.418. The van der Waals surface area contributed by atoms with Crippen LogP contribution in [-0.2, 0) is 0 Å². The minimum Gasteiger partial charge on any atom is -0.436 e. The van der Waals surface area contributed by atoms with Crippen molar-refractivity contribution < 1.29 is 9.13 Å². The largest absolute Gasteiger partial charge is 0.436 e. The van der Waals surface area contributed by atoms with Crippen LogP contribution in [0.15, 0.2) is 24.4 Å². The molecule has 0 unspecified atom stereocenters. The Morgan fingerprint density at radius 3 is 2.89 bits per heavy atom. The molecule has 5 nitrogen and oxygen atoms in total. The van der Waals surface area contributed by atoms with Crippen LogP contribution in [0, 0.1) is 12.7 Å². The number of ether oxygens (including phenoxy) is 1. The fourth-order valence-corrected chi connectivity index (χ4v) is 1.55. The van der Waals surface area contributed by atoms with Gasteiger partial charge in [-0.05, 0) is 30.7 Å². The number of nitrogens with one attached hydrogen (secondary N) is 1. The van der Waals surface area contributed by atoms with Crippen LogP contribution < -0.4 is 16.0 Å². The lowest BCUT2D eigenvalue weighted by atomic mass is 10.2. The van der Waals surface area contributed by atoms with E-state index in [2.05, 4.69) is 15.4 Å². The van der Waals surface area contributed by atoms with Gasteiger partial charge in [0.05, 0.1) is 6.20 Å². The number of hydrogen-bond acceptors (Lipinski definition) is 5. The van der Waals surface area contributed by atoms with Gasteiger partial charge >= 0.3 is 0 Å². The Labute approximate surface area is 108 Å². The molecule has 3 N–H and O–H groups in total. The summed E-state index contributed by atoms with van der Waals surface area (Å²) in [7, 11) is 0. The van der Waals surface area contributed by atoms with Gasteiger partial charge < -0.3 is 4.74 Å². The van der Waals surface area contributed by atoms with Gasteiger partial charge in [-0.2, -0.15) is 9.37 Å². The zero-order valence-electron chi connectivity index (χ0n) is 9.45. The minimum absolute atomic E-state index is 0.0676. The zero-order valence-corrected chi connectivity index (χ0v) is 10.2. The van der Waals surface area contributed by atoms with E-state index in [0.29, 0.717) is 10.8 Å². The molecule has 0 aliphatic heterocycles. The molecular formula is C11H10ClFN4O. The predicted molar refractivity (Wildman–Crippen MR) is 66.1 cm³/mol. The van der Waals surface area contributed by atoms with E-state index < -0.39 is 5.82 Å². The van der Waals surface area contributed by atoms with Crippen LogP contribution in [-0.4, -0.2) is 9.97 Å². The number of nitrogens with zero attached hydrogens (tertiary/aromatic N) is 2. The van der Waals surface area contributed by atoms with Crippen LogP contribution in [0.5, 0.6) is 11.6 Å². The molecule has 94 valence electrons. The molecule has 1 heterocycles. The monoisotopic (exact) mass is 268 g/mol. The SMILES string of the molecule is Cc1cc(Cl)ccc1Oc1nc(NN)ncc1F. The molecule has 0 spiro atoms. The summed E-state index contributed by atoms with van der Waals surface area (Å²) >= 11 is 5.82. The van der Waals surface area contributed by atoms with E-state index in [1.165, 1.54) is 0 Å². The summed E-state index contributed by atoms with van der Waals surface area (Å²) in [5, 5.41) is 0.576. The van der Waals surface area contributed by atoms with Crippen LogP contribution in [0.4, 0.5) is 10.3 Å². The summed E-state index contributed by atoms with van der Waals surface area (Å²) in [5.74, 6) is 4.78. The number of nitrogen functional groups attached to an aromatic ring is 1. The third kappa shape index (κ3) is 2.66. The highest BCUT2D eigenvalue weighted by Gasteiger charge is 2.10. The van der Waals surface area contributed by atoms with Crippen molar-refractivity contribution in [3.05, 3.63) is 40.8 Å². The quantitative estimate of drug-likeness (QED) is 0.661. The Morgan fingerprint density at radius 2 is 2.22 bits per heavy atom. The number of aromatic nitrogens is 2. The molecule has 2 rings (SSSR count). The summed E-state index contributed by atoms with van der Waals surface area (Å²) in [5.41, 5.74) is 2.98. The fraction of sp³-hybridized carbons (Fsp3) is 0.0909. The number of hydrazine groups is 1. The molecule has 18 heavy (non-hydrogen) atoms. The highest BCUT2D eigenvalue weighted by atomic mass is 35.5. The molecule has 1 aromatic heterocycles. The third-order valence-corrected chi connectivity index (χ3v) is 2.42. The van der Waals surface area contributed by atoms with E-state index in [0.717, 1.165) is 11.8 Å². The van der Waals surface area contributed by atoms with Crippen molar-refractivity contribution in [3.63, 3.8) is 0 Å². The van der Waals surface area contributed by atoms with E-state index in [1.807, 2.05) is 0 Å². The molecule has 0 radical (unpaired) electrons. The van der Waals surface area contributed by atoms with E-state index in [4.69, 9.17) is 22.2 Å². The molecule has 1 aromatic carbocycles. The second-order valence-corrected chi connectivity index (χ2v) is 3.94. The Morgan fingerprint density at radius 1 is 1.44 bits per heavy atom. The molecule has 0 bridgehead atoms. The van der Waals surface area contributed by atoms with Gasteiger partial charge in [-0.1, -0.05) is 11.6 Å². The number of benzene rings is 1. The van der Waals surface area contributed by atoms with E-state index in [-0.39, 0.29) is 11.8 Å². The summed E-state index contributed by atoms with van der Waals surface area (Å²) in [6.07, 6.45) is 0.975. The number of hydrogen-bond donors (Lipinski definition) is 2. The minimum atomic E-state index is -0.677. The van der Waals surface area contributed by atoms with Crippen LogP contribution in [0.1, 0.15) is 5.56 Å². The second-order valence-electron chi connectivity index (χ2n) is 3.50. The maximum absolute atomic E-state index is 13.5. The number of halogens is 2. The summed E-state index contributed by atoms with van der Waals surface area (Å²) in [6, 6.07) is 4.98. The maximum atomic E-state index is 13.5. The van der Waals surface area contributed by atoms with Gasteiger partial charge in [0.1, 0.15) is 5.75 Å². The van der Waals surface area contributed by atoms with Gasteiger partial charge in [0.2, 0.25) is 11.8 Å². The number of nitrogens with two attached hydrogens (primary N) is 1. The number of rotatable bonds is 3. The standard InChI is InChI=1S/C11H10ClFN4O/c1-6-4-7(12)2-3-9(6)18-10-8(13)5-15-11(16-10)17-14/h2-5H,14H2,1H3,(H,15,16,17). The zero-order chi connectivity index (χ0) is 13.1. The number of anilines is 1. The van der Waals surface area contributed by atoms with Crippen LogP contribution in [0.3, 0.4) is 0 Å². The Balaban J connectivity index is 2.33. The summed E-state index contributed by atoms with van der Waals surface area (Å²) < 4.78 is 18.8. The first kappa shape index (κ1) is 12.5. The van der Waals surface area contributed by atoms with E-state index in [9.17, 15) is 4.39 Å². The van der Waals surface area contributed by atoms with Crippen LogP contribution in [0.2, 0.25) is 5.02 Å². The first-order valence-corrected chi connectivity index (χ1v) is 5.41. The van der Waals surface area contributed by atoms with Crippen molar-refractivity contribution in [2.24, 2.45) is 5.84 Å². The normalized spacial score (nSPS) is 10.2. The molecule has 0 saturated heterocycles. The van der Waals surface area contributed by atoms with E-state index >= 15 is 0 Å². The lowest BCUT2D eigenvalue weighted by Crippen LogP contribution is -2.11. The van der Waals surface area contributed by atoms with Crippen LogP contribution >= 0.6 is 11.6 Å². The lowest BCUT2D eigenvalue weighted by Gasteiger charge is -2.09. The molecule has 7 heteroatoms. The van der Waals surface area contributed by atoms with Gasteiger partial charge in [0.15, 0.2) is 0 Å². The average molecular weight is 269 g/mol. The molecule has 0 aliphatic carbocycles. The first-order chi connectivity index (χ1) is 8.60. The van der Waals surface area contributed by atoms with E-state index in [1.54, 1.807) is 25.1 Å². The van der Waals surface area contributed by atoms with Crippen molar-refractivity contribution in [3.8, 4) is 11.6 Å². The van der Waals surface area contributed by atoms with Gasteiger partial charge in [0.25, 0.3) is 5.88 Å². The predicted octanol–water partition coefficient (Wildman–Crippen LogP) is 2.66. The van der Waals surface area contributed by atoms with Crippen molar-refractivity contribution in [2.75, 3.05) is 5.43 Å². The molecule has 0 atom stereocenters. The van der Waals surface area contributed by atoms with Crippen molar-refractivity contribution >= 4 is 17.5 Å². The topological polar surface area (TPSA) is 73.1 Å². The molecule has 0 amide bonds. The smallest absolute Gasteiger partial charge is 0.260 e. The Kier molecular flexibility index (Phi) is 3.59. The second kappa shape index (κ2) is 5.16. The molecular weight excluding hydrogens is 259 g/mol. The van der Waals surface area contributed by atoms with Crippen LogP contribution in [0.25, 0.3) is 0 Å². The fourth-order valence-electron chi connectivity index (χ4n) is 1.32. The van der Waals surface area contributed by atoms with Gasteiger partial charge in [-0.25, -0.2) is 10.8 Å². The Hall–Kier alpha value is -1.92. The first-order valence-electron chi connectivity index (χ1n) is 5.03. The summed E-state index contributed by atoms with van der Waals surface area (Å²) in [6.45, 7) is 1.79. The third-order valence-electron chi connectivity index (χ3n) is 2.18. The van der Waals surface area contributed by atoms with Crippen molar-refractivity contribution in [1.82, 2.24) is 9.97 Å². The highest BCUT2D eigenvalue weighted by molar-refractivity contribution is 6.30. The molecule has 0 fully saturated rings. The highest BCUT2D eigenvalue weighted by Crippen LogP contribution is 2.27. The average Bonchev–Trinajstić information content (AvgIpc) is 2.35. The molecule has 0 aliphatic rings.